The van der Waals surface area contributed by atoms with Gasteiger partial charge < -0.3 is 10.1 Å². The average Bonchev–Trinajstić information content (AvgIpc) is 3.24. The average molecular weight is 412 g/mol. The Morgan fingerprint density at radius 1 is 0.968 bits per heavy atom. The minimum absolute atomic E-state index is 0.0528. The third-order valence-corrected chi connectivity index (χ3v) is 5.27. The van der Waals surface area contributed by atoms with Crippen LogP contribution in [0, 0.1) is 0 Å². The molecule has 0 bridgehead atoms. The standard InChI is InChI=1S/C26H25N3O2/c1-3-23(19-10-6-4-7-11-19)26(30)27-25-18-24(20-12-8-5-9-13-20)28-29(25)21-14-16-22(31-2)17-15-21/h4-18,23H,3H2,1-2H3,(H,27,30). The number of hydrogen-bond acceptors (Lipinski definition) is 3. The van der Waals surface area contributed by atoms with Gasteiger partial charge in [-0.15, -0.1) is 0 Å². The molecule has 5 heteroatoms. The van der Waals surface area contributed by atoms with Crippen molar-refractivity contribution in [1.82, 2.24) is 9.78 Å². The first-order valence-electron chi connectivity index (χ1n) is 10.4. The molecule has 0 radical (unpaired) electrons. The number of aromatic nitrogens is 2. The first kappa shape index (κ1) is 20.4. The van der Waals surface area contributed by atoms with Crippen molar-refractivity contribution in [3.8, 4) is 22.7 Å². The van der Waals surface area contributed by atoms with Gasteiger partial charge in [-0.1, -0.05) is 67.6 Å². The Hall–Kier alpha value is -3.86. The summed E-state index contributed by atoms with van der Waals surface area (Å²) < 4.78 is 7.03. The van der Waals surface area contributed by atoms with E-state index < -0.39 is 0 Å². The van der Waals surface area contributed by atoms with E-state index in [2.05, 4.69) is 5.32 Å². The number of rotatable bonds is 7. The normalized spacial score (nSPS) is 11.7. The molecule has 156 valence electrons. The van der Waals surface area contributed by atoms with Gasteiger partial charge in [0.2, 0.25) is 5.91 Å². The van der Waals surface area contributed by atoms with Gasteiger partial charge in [-0.25, -0.2) is 4.68 Å². The number of benzene rings is 3. The molecule has 1 unspecified atom stereocenters. The second kappa shape index (κ2) is 9.30. The van der Waals surface area contributed by atoms with Crippen LogP contribution < -0.4 is 10.1 Å². The maximum absolute atomic E-state index is 13.2. The lowest BCUT2D eigenvalue weighted by Crippen LogP contribution is -2.22. The Kier molecular flexibility index (Phi) is 6.13. The minimum Gasteiger partial charge on any atom is -0.497 e. The van der Waals surface area contributed by atoms with E-state index in [0.717, 1.165) is 28.3 Å². The Bertz CT molecular complexity index is 1140. The summed E-state index contributed by atoms with van der Waals surface area (Å²) in [5, 5.41) is 7.89. The van der Waals surface area contributed by atoms with E-state index in [1.807, 2.05) is 97.9 Å². The quantitative estimate of drug-likeness (QED) is 0.426. The third kappa shape index (κ3) is 4.51. The Labute approximate surface area is 182 Å². The molecule has 0 saturated heterocycles. The fourth-order valence-corrected chi connectivity index (χ4v) is 3.61. The number of carbonyl (C=O) groups excluding carboxylic acids is 1. The fourth-order valence-electron chi connectivity index (χ4n) is 3.61. The molecule has 1 aromatic heterocycles. The summed E-state index contributed by atoms with van der Waals surface area (Å²) in [6, 6.07) is 29.3. The summed E-state index contributed by atoms with van der Waals surface area (Å²) in [5.41, 5.74) is 3.62. The second-order valence-corrected chi connectivity index (χ2v) is 7.25. The third-order valence-electron chi connectivity index (χ3n) is 5.27. The highest BCUT2D eigenvalue weighted by molar-refractivity contribution is 5.95. The lowest BCUT2D eigenvalue weighted by molar-refractivity contribution is -0.117. The van der Waals surface area contributed by atoms with Crippen LogP contribution in [0.4, 0.5) is 5.82 Å². The molecule has 1 atom stereocenters. The summed E-state index contributed by atoms with van der Waals surface area (Å²) in [4.78, 5) is 13.2. The summed E-state index contributed by atoms with van der Waals surface area (Å²) in [7, 11) is 1.64. The predicted molar refractivity (Wildman–Crippen MR) is 124 cm³/mol. The van der Waals surface area contributed by atoms with Crippen molar-refractivity contribution in [2.75, 3.05) is 12.4 Å². The second-order valence-electron chi connectivity index (χ2n) is 7.25. The lowest BCUT2D eigenvalue weighted by Gasteiger charge is -2.16. The van der Waals surface area contributed by atoms with Gasteiger partial charge in [-0.3, -0.25) is 4.79 Å². The highest BCUT2D eigenvalue weighted by Crippen LogP contribution is 2.28. The maximum Gasteiger partial charge on any atom is 0.233 e. The largest absolute Gasteiger partial charge is 0.497 e. The van der Waals surface area contributed by atoms with Gasteiger partial charge in [0.15, 0.2) is 0 Å². The first-order chi connectivity index (χ1) is 15.2. The SMILES string of the molecule is CCC(C(=O)Nc1cc(-c2ccccc2)nn1-c1ccc(OC)cc1)c1ccccc1. The van der Waals surface area contributed by atoms with Crippen molar-refractivity contribution in [2.24, 2.45) is 0 Å². The van der Waals surface area contributed by atoms with Crippen LogP contribution in [0.3, 0.4) is 0 Å². The molecule has 0 aliphatic heterocycles. The summed E-state index contributed by atoms with van der Waals surface area (Å²) >= 11 is 0. The molecule has 3 aromatic carbocycles. The molecule has 0 fully saturated rings. The van der Waals surface area contributed by atoms with E-state index in [4.69, 9.17) is 9.84 Å². The van der Waals surface area contributed by atoms with E-state index in [1.54, 1.807) is 11.8 Å². The van der Waals surface area contributed by atoms with E-state index in [0.29, 0.717) is 12.2 Å². The molecule has 31 heavy (non-hydrogen) atoms. The van der Waals surface area contributed by atoms with Crippen molar-refractivity contribution >= 4 is 11.7 Å². The Balaban J connectivity index is 1.71. The van der Waals surface area contributed by atoms with Crippen LogP contribution in [0.25, 0.3) is 16.9 Å². The zero-order chi connectivity index (χ0) is 21.6. The van der Waals surface area contributed by atoms with Crippen molar-refractivity contribution in [3.05, 3.63) is 96.6 Å². The molecule has 1 heterocycles. The van der Waals surface area contributed by atoms with Gasteiger partial charge in [0.25, 0.3) is 0 Å². The zero-order valence-corrected chi connectivity index (χ0v) is 17.7. The monoisotopic (exact) mass is 411 g/mol. The van der Waals surface area contributed by atoms with Crippen molar-refractivity contribution < 1.29 is 9.53 Å². The number of hydrogen-bond donors (Lipinski definition) is 1. The molecular formula is C26H25N3O2. The molecule has 0 saturated carbocycles. The Morgan fingerprint density at radius 3 is 2.23 bits per heavy atom. The van der Waals surface area contributed by atoms with Gasteiger partial charge in [-0.2, -0.15) is 5.10 Å². The van der Waals surface area contributed by atoms with E-state index >= 15 is 0 Å². The maximum atomic E-state index is 13.2. The van der Waals surface area contributed by atoms with Crippen LogP contribution >= 0.6 is 0 Å². The molecule has 4 rings (SSSR count). The predicted octanol–water partition coefficient (Wildman–Crippen LogP) is 5.68. The number of ether oxygens (including phenoxy) is 1. The van der Waals surface area contributed by atoms with E-state index in [-0.39, 0.29) is 11.8 Å². The van der Waals surface area contributed by atoms with Crippen molar-refractivity contribution in [1.29, 1.82) is 0 Å². The van der Waals surface area contributed by atoms with E-state index in [9.17, 15) is 4.79 Å². The van der Waals surface area contributed by atoms with Crippen molar-refractivity contribution in [2.45, 2.75) is 19.3 Å². The number of amides is 1. The van der Waals surface area contributed by atoms with Crippen LogP contribution in [0.5, 0.6) is 5.75 Å². The van der Waals surface area contributed by atoms with Crippen LogP contribution in [0.1, 0.15) is 24.8 Å². The zero-order valence-electron chi connectivity index (χ0n) is 17.7. The molecule has 1 amide bonds. The molecule has 4 aromatic rings. The molecule has 0 aliphatic rings. The highest BCUT2D eigenvalue weighted by atomic mass is 16.5. The minimum atomic E-state index is -0.236. The number of methoxy groups -OCH3 is 1. The number of nitrogens with zero attached hydrogens (tertiary/aromatic N) is 2. The summed E-state index contributed by atoms with van der Waals surface area (Å²) in [6.45, 7) is 2.02. The first-order valence-corrected chi connectivity index (χ1v) is 10.4. The van der Waals surface area contributed by atoms with Crippen LogP contribution in [-0.4, -0.2) is 22.8 Å². The number of carbonyl (C=O) groups is 1. The van der Waals surface area contributed by atoms with E-state index in [1.165, 1.54) is 0 Å². The van der Waals surface area contributed by atoms with Gasteiger partial charge in [0, 0.05) is 11.6 Å². The van der Waals surface area contributed by atoms with Gasteiger partial charge in [0.1, 0.15) is 11.6 Å². The molecule has 0 aliphatic carbocycles. The fraction of sp³-hybridized carbons (Fsp3) is 0.154. The van der Waals surface area contributed by atoms with Gasteiger partial charge in [-0.05, 0) is 36.2 Å². The molecule has 1 N–H and O–H groups in total. The van der Waals surface area contributed by atoms with Gasteiger partial charge in [0.05, 0.1) is 24.4 Å². The van der Waals surface area contributed by atoms with Crippen molar-refractivity contribution in [3.63, 3.8) is 0 Å². The highest BCUT2D eigenvalue weighted by Gasteiger charge is 2.21. The number of nitrogens with one attached hydrogen (secondary N) is 1. The smallest absolute Gasteiger partial charge is 0.233 e. The molecule has 0 spiro atoms. The summed E-state index contributed by atoms with van der Waals surface area (Å²) in [6.07, 6.45) is 0.706. The molecule has 5 nitrogen and oxygen atoms in total. The van der Waals surface area contributed by atoms with Crippen LogP contribution in [0.2, 0.25) is 0 Å². The van der Waals surface area contributed by atoms with Crippen LogP contribution in [0.15, 0.2) is 91.0 Å². The Morgan fingerprint density at radius 2 is 1.61 bits per heavy atom. The topological polar surface area (TPSA) is 56.2 Å². The van der Waals surface area contributed by atoms with Crippen LogP contribution in [-0.2, 0) is 4.79 Å². The number of anilines is 1. The summed E-state index contributed by atoms with van der Waals surface area (Å²) in [5.74, 6) is 1.10. The van der Waals surface area contributed by atoms with Gasteiger partial charge >= 0.3 is 0 Å². The lowest BCUT2D eigenvalue weighted by atomic mass is 9.96. The molecular weight excluding hydrogens is 386 g/mol.